The van der Waals surface area contributed by atoms with Crippen LogP contribution in [0.1, 0.15) is 24.1 Å². The number of benzene rings is 1. The summed E-state index contributed by atoms with van der Waals surface area (Å²) in [6.45, 7) is 2.02. The molecule has 0 amide bonds. The van der Waals surface area contributed by atoms with Crippen molar-refractivity contribution in [3.8, 4) is 0 Å². The molecule has 1 aromatic heterocycles. The maximum atomic E-state index is 8.86. The summed E-state index contributed by atoms with van der Waals surface area (Å²) in [6.07, 6.45) is 1.50. The molecule has 1 heterocycles. The Kier molecular flexibility index (Phi) is 4.59. The van der Waals surface area contributed by atoms with E-state index in [-0.39, 0.29) is 11.9 Å². The van der Waals surface area contributed by atoms with Crippen LogP contribution >= 0.6 is 11.6 Å². The minimum atomic E-state index is -0.00458. The average molecular weight is 306 g/mol. The van der Waals surface area contributed by atoms with Crippen LogP contribution in [0.4, 0.5) is 5.82 Å². The van der Waals surface area contributed by atoms with Gasteiger partial charge in [-0.25, -0.2) is 0 Å². The first-order chi connectivity index (χ1) is 10.0. The lowest BCUT2D eigenvalue weighted by molar-refractivity contribution is 0.318. The van der Waals surface area contributed by atoms with Crippen LogP contribution < -0.4 is 10.6 Å². The van der Waals surface area contributed by atoms with Gasteiger partial charge in [-0.3, -0.25) is 0 Å². The van der Waals surface area contributed by atoms with Crippen LogP contribution in [-0.4, -0.2) is 28.3 Å². The Morgan fingerprint density at radius 1 is 1.33 bits per heavy atom. The van der Waals surface area contributed by atoms with Gasteiger partial charge in [0.05, 0.1) is 17.8 Å². The van der Waals surface area contributed by atoms with E-state index in [0.29, 0.717) is 16.4 Å². The highest BCUT2D eigenvalue weighted by atomic mass is 35.5. The largest absolute Gasteiger partial charge is 0.409 e. The van der Waals surface area contributed by atoms with Gasteiger partial charge in [-0.1, -0.05) is 28.9 Å². The van der Waals surface area contributed by atoms with Gasteiger partial charge in [-0.2, -0.15) is 5.10 Å². The summed E-state index contributed by atoms with van der Waals surface area (Å²) in [5.74, 6) is 0.533. The normalized spacial score (nSPS) is 13.0. The molecule has 21 heavy (non-hydrogen) atoms. The molecule has 2 aromatic rings. The Balaban J connectivity index is 2.35. The number of anilines is 1. The van der Waals surface area contributed by atoms with Crippen LogP contribution in [0.15, 0.2) is 41.7 Å². The van der Waals surface area contributed by atoms with Gasteiger partial charge in [-0.05, 0) is 30.7 Å². The predicted octanol–water partition coefficient (Wildman–Crippen LogP) is 2.42. The molecule has 0 aliphatic heterocycles. The Morgan fingerprint density at radius 3 is 2.62 bits per heavy atom. The zero-order valence-corrected chi connectivity index (χ0v) is 12.5. The second kappa shape index (κ2) is 6.41. The van der Waals surface area contributed by atoms with Crippen LogP contribution in [0.3, 0.4) is 0 Å². The molecular formula is C14H16ClN5O. The lowest BCUT2D eigenvalue weighted by Crippen LogP contribution is -2.27. The molecular weight excluding hydrogens is 290 g/mol. The Hall–Kier alpha value is -2.34. The second-order valence-electron chi connectivity index (χ2n) is 4.59. The molecule has 0 spiro atoms. The summed E-state index contributed by atoms with van der Waals surface area (Å²) in [4.78, 5) is 1.91. The summed E-state index contributed by atoms with van der Waals surface area (Å²) in [7, 11) is 1.87. The third kappa shape index (κ3) is 3.22. The lowest BCUT2D eigenvalue weighted by atomic mass is 10.1. The van der Waals surface area contributed by atoms with Crippen molar-refractivity contribution in [3.63, 3.8) is 0 Å². The highest BCUT2D eigenvalue weighted by Gasteiger charge is 2.18. The maximum absolute atomic E-state index is 8.86. The van der Waals surface area contributed by atoms with Gasteiger partial charge < -0.3 is 15.8 Å². The SMILES string of the molecule is CC(c1ccc(Cl)cc1)N(C)c1nnccc1/C(N)=N/O. The van der Waals surface area contributed by atoms with E-state index in [1.807, 2.05) is 43.1 Å². The first-order valence-electron chi connectivity index (χ1n) is 6.32. The van der Waals surface area contributed by atoms with E-state index in [0.717, 1.165) is 5.56 Å². The molecule has 0 saturated heterocycles. The first-order valence-corrected chi connectivity index (χ1v) is 6.70. The number of nitrogens with zero attached hydrogens (tertiary/aromatic N) is 4. The van der Waals surface area contributed by atoms with Crippen LogP contribution in [0.5, 0.6) is 0 Å². The number of halogens is 1. The van der Waals surface area contributed by atoms with Crippen molar-refractivity contribution in [1.82, 2.24) is 10.2 Å². The van der Waals surface area contributed by atoms with E-state index < -0.39 is 0 Å². The number of nitrogens with two attached hydrogens (primary N) is 1. The molecule has 0 aliphatic rings. The molecule has 6 nitrogen and oxygen atoms in total. The van der Waals surface area contributed by atoms with E-state index in [4.69, 9.17) is 22.5 Å². The summed E-state index contributed by atoms with van der Waals surface area (Å²) in [5.41, 5.74) is 7.27. The smallest absolute Gasteiger partial charge is 0.173 e. The minimum absolute atomic E-state index is 0.00458. The Bertz CT molecular complexity index is 644. The minimum Gasteiger partial charge on any atom is -0.409 e. The van der Waals surface area contributed by atoms with Crippen molar-refractivity contribution < 1.29 is 5.21 Å². The van der Waals surface area contributed by atoms with Crippen LogP contribution in [0, 0.1) is 0 Å². The molecule has 1 atom stereocenters. The van der Waals surface area contributed by atoms with Crippen LogP contribution in [-0.2, 0) is 0 Å². The summed E-state index contributed by atoms with van der Waals surface area (Å²) < 4.78 is 0. The predicted molar refractivity (Wildman–Crippen MR) is 82.8 cm³/mol. The molecule has 2 rings (SSSR count). The van der Waals surface area contributed by atoms with Gasteiger partial charge in [-0.15, -0.1) is 5.10 Å². The second-order valence-corrected chi connectivity index (χ2v) is 5.03. The van der Waals surface area contributed by atoms with Crippen molar-refractivity contribution in [2.45, 2.75) is 13.0 Å². The Morgan fingerprint density at radius 2 is 2.00 bits per heavy atom. The van der Waals surface area contributed by atoms with E-state index in [1.165, 1.54) is 6.20 Å². The molecule has 1 aromatic carbocycles. The van der Waals surface area contributed by atoms with Crippen LogP contribution in [0.25, 0.3) is 0 Å². The number of amidine groups is 1. The molecule has 110 valence electrons. The van der Waals surface area contributed by atoms with Crippen molar-refractivity contribution >= 4 is 23.3 Å². The third-order valence-corrected chi connectivity index (χ3v) is 3.60. The fourth-order valence-corrected chi connectivity index (χ4v) is 2.11. The van der Waals surface area contributed by atoms with Gasteiger partial charge in [0.25, 0.3) is 0 Å². The van der Waals surface area contributed by atoms with E-state index >= 15 is 0 Å². The van der Waals surface area contributed by atoms with Crippen molar-refractivity contribution in [2.24, 2.45) is 10.9 Å². The van der Waals surface area contributed by atoms with E-state index in [1.54, 1.807) is 6.07 Å². The molecule has 0 saturated carbocycles. The Labute approximate surface area is 127 Å². The van der Waals surface area contributed by atoms with E-state index in [9.17, 15) is 0 Å². The summed E-state index contributed by atoms with van der Waals surface area (Å²) in [5, 5.41) is 20.5. The molecule has 0 aliphatic carbocycles. The highest BCUT2D eigenvalue weighted by Crippen LogP contribution is 2.26. The van der Waals surface area contributed by atoms with Crippen molar-refractivity contribution in [3.05, 3.63) is 52.7 Å². The molecule has 7 heteroatoms. The number of hydrogen-bond acceptors (Lipinski definition) is 5. The fourth-order valence-electron chi connectivity index (χ4n) is 1.99. The van der Waals surface area contributed by atoms with E-state index in [2.05, 4.69) is 15.4 Å². The molecule has 1 unspecified atom stereocenters. The molecule has 0 radical (unpaired) electrons. The van der Waals surface area contributed by atoms with Gasteiger partial charge >= 0.3 is 0 Å². The van der Waals surface area contributed by atoms with Crippen molar-refractivity contribution in [1.29, 1.82) is 0 Å². The molecule has 3 N–H and O–H groups in total. The number of aromatic nitrogens is 2. The number of oxime groups is 1. The monoisotopic (exact) mass is 305 g/mol. The van der Waals surface area contributed by atoms with Gasteiger partial charge in [0.1, 0.15) is 0 Å². The standard InChI is InChI=1S/C14H16ClN5O/c1-9(10-3-5-11(15)6-4-10)20(2)14-12(13(16)19-21)7-8-17-18-14/h3-9,21H,1-2H3,(H2,16,19). The average Bonchev–Trinajstić information content (AvgIpc) is 2.53. The van der Waals surface area contributed by atoms with Gasteiger partial charge in [0.2, 0.25) is 0 Å². The number of rotatable bonds is 4. The first kappa shape index (κ1) is 15.1. The van der Waals surface area contributed by atoms with Gasteiger partial charge in [0.15, 0.2) is 11.7 Å². The quantitative estimate of drug-likeness (QED) is 0.392. The summed E-state index contributed by atoms with van der Waals surface area (Å²) >= 11 is 5.90. The van der Waals surface area contributed by atoms with Crippen molar-refractivity contribution in [2.75, 3.05) is 11.9 Å². The number of hydrogen-bond donors (Lipinski definition) is 2. The summed E-state index contributed by atoms with van der Waals surface area (Å²) in [6, 6.07) is 9.24. The maximum Gasteiger partial charge on any atom is 0.173 e. The lowest BCUT2D eigenvalue weighted by Gasteiger charge is -2.27. The fraction of sp³-hybridized carbons (Fsp3) is 0.214. The zero-order chi connectivity index (χ0) is 15.4. The molecule has 0 fully saturated rings. The zero-order valence-electron chi connectivity index (χ0n) is 11.7. The van der Waals surface area contributed by atoms with Gasteiger partial charge in [0, 0.05) is 12.1 Å². The van der Waals surface area contributed by atoms with Crippen LogP contribution in [0.2, 0.25) is 5.02 Å². The highest BCUT2D eigenvalue weighted by molar-refractivity contribution is 6.30. The topological polar surface area (TPSA) is 87.6 Å². The molecule has 0 bridgehead atoms. The third-order valence-electron chi connectivity index (χ3n) is 3.35.